The van der Waals surface area contributed by atoms with E-state index >= 15 is 0 Å². The predicted octanol–water partition coefficient (Wildman–Crippen LogP) is 4.23. The first kappa shape index (κ1) is 15.7. The topological polar surface area (TPSA) is 21.3 Å². The minimum atomic E-state index is 0.524. The molecule has 0 saturated carbocycles. The molecular weight excluding hydrogens is 270 g/mol. The second kappa shape index (κ2) is 7.33. The van der Waals surface area contributed by atoms with Crippen LogP contribution in [0.25, 0.3) is 0 Å². The number of benzene rings is 1. The Hall–Kier alpha value is -0.730. The quantitative estimate of drug-likeness (QED) is 0.813. The Balaban J connectivity index is 2.11. The number of nitrogens with one attached hydrogen (secondary N) is 1. The van der Waals surface area contributed by atoms with E-state index in [1.807, 2.05) is 6.07 Å². The van der Waals surface area contributed by atoms with Crippen molar-refractivity contribution in [3.63, 3.8) is 0 Å². The maximum absolute atomic E-state index is 6.25. The first-order valence-corrected chi connectivity index (χ1v) is 8.21. The SMILES string of the molecule is CCCNC(C)C(CC)Cc1cc(Cl)cc2c1OCC2. The van der Waals surface area contributed by atoms with Gasteiger partial charge < -0.3 is 10.1 Å². The molecule has 20 heavy (non-hydrogen) atoms. The molecule has 0 amide bonds. The molecule has 0 bridgehead atoms. The van der Waals surface area contributed by atoms with Crippen LogP contribution in [0.3, 0.4) is 0 Å². The molecule has 0 aliphatic carbocycles. The summed E-state index contributed by atoms with van der Waals surface area (Å²) in [6, 6.07) is 4.66. The molecule has 1 aliphatic rings. The monoisotopic (exact) mass is 295 g/mol. The summed E-state index contributed by atoms with van der Waals surface area (Å²) in [6.45, 7) is 8.64. The fraction of sp³-hybridized carbons (Fsp3) is 0.647. The van der Waals surface area contributed by atoms with Crippen LogP contribution >= 0.6 is 11.6 Å². The molecule has 2 nitrogen and oxygen atoms in total. The Morgan fingerprint density at radius 3 is 2.85 bits per heavy atom. The van der Waals surface area contributed by atoms with Crippen LogP contribution in [0.2, 0.25) is 5.02 Å². The van der Waals surface area contributed by atoms with E-state index < -0.39 is 0 Å². The molecule has 112 valence electrons. The van der Waals surface area contributed by atoms with Gasteiger partial charge in [0, 0.05) is 17.5 Å². The molecule has 1 N–H and O–H groups in total. The van der Waals surface area contributed by atoms with E-state index in [-0.39, 0.29) is 0 Å². The lowest BCUT2D eigenvalue weighted by Crippen LogP contribution is -2.34. The number of ether oxygens (including phenoxy) is 1. The van der Waals surface area contributed by atoms with Gasteiger partial charge >= 0.3 is 0 Å². The molecule has 1 aromatic rings. The van der Waals surface area contributed by atoms with E-state index in [1.54, 1.807) is 0 Å². The van der Waals surface area contributed by atoms with Crippen molar-refractivity contribution in [1.82, 2.24) is 5.32 Å². The fourth-order valence-electron chi connectivity index (χ4n) is 2.99. The summed E-state index contributed by atoms with van der Waals surface area (Å²) in [4.78, 5) is 0. The summed E-state index contributed by atoms with van der Waals surface area (Å²) in [7, 11) is 0. The third-order valence-electron chi connectivity index (χ3n) is 4.26. The molecule has 0 radical (unpaired) electrons. The van der Waals surface area contributed by atoms with Crippen LogP contribution in [-0.2, 0) is 12.8 Å². The Morgan fingerprint density at radius 1 is 1.35 bits per heavy atom. The molecule has 2 unspecified atom stereocenters. The van der Waals surface area contributed by atoms with Crippen LogP contribution in [0, 0.1) is 5.92 Å². The van der Waals surface area contributed by atoms with Gasteiger partial charge in [0.15, 0.2) is 0 Å². The predicted molar refractivity (Wildman–Crippen MR) is 85.9 cm³/mol. The second-order valence-electron chi connectivity index (χ2n) is 5.77. The van der Waals surface area contributed by atoms with Gasteiger partial charge in [0.25, 0.3) is 0 Å². The van der Waals surface area contributed by atoms with Crippen LogP contribution in [0.5, 0.6) is 5.75 Å². The van der Waals surface area contributed by atoms with Gasteiger partial charge in [0.2, 0.25) is 0 Å². The van der Waals surface area contributed by atoms with E-state index in [4.69, 9.17) is 16.3 Å². The van der Waals surface area contributed by atoms with Crippen LogP contribution in [0.1, 0.15) is 44.7 Å². The summed E-state index contributed by atoms with van der Waals surface area (Å²) in [5.74, 6) is 1.71. The summed E-state index contributed by atoms with van der Waals surface area (Å²) < 4.78 is 5.81. The van der Waals surface area contributed by atoms with Crippen LogP contribution < -0.4 is 10.1 Å². The van der Waals surface area contributed by atoms with E-state index in [9.17, 15) is 0 Å². The Morgan fingerprint density at radius 2 is 2.15 bits per heavy atom. The first-order chi connectivity index (χ1) is 9.65. The van der Waals surface area contributed by atoms with Gasteiger partial charge in [-0.3, -0.25) is 0 Å². The third-order valence-corrected chi connectivity index (χ3v) is 4.47. The minimum Gasteiger partial charge on any atom is -0.493 e. The van der Waals surface area contributed by atoms with E-state index in [1.165, 1.54) is 24.0 Å². The van der Waals surface area contributed by atoms with Crippen molar-refractivity contribution in [2.24, 2.45) is 5.92 Å². The third kappa shape index (κ3) is 3.67. The molecule has 0 fully saturated rings. The highest BCUT2D eigenvalue weighted by Crippen LogP contribution is 2.35. The van der Waals surface area contributed by atoms with Crippen molar-refractivity contribution in [3.05, 3.63) is 28.3 Å². The summed E-state index contributed by atoms with van der Waals surface area (Å²) in [5, 5.41) is 4.45. The van der Waals surface area contributed by atoms with Gasteiger partial charge in [-0.05, 0) is 55.5 Å². The first-order valence-electron chi connectivity index (χ1n) is 7.83. The molecule has 1 heterocycles. The van der Waals surface area contributed by atoms with Crippen molar-refractivity contribution >= 4 is 11.6 Å². The van der Waals surface area contributed by atoms with Crippen molar-refractivity contribution in [1.29, 1.82) is 0 Å². The van der Waals surface area contributed by atoms with Crippen molar-refractivity contribution in [2.75, 3.05) is 13.2 Å². The Kier molecular flexibility index (Phi) is 5.74. The highest BCUT2D eigenvalue weighted by molar-refractivity contribution is 6.30. The lowest BCUT2D eigenvalue weighted by atomic mass is 9.89. The zero-order valence-electron chi connectivity index (χ0n) is 12.8. The molecule has 2 rings (SSSR count). The molecule has 2 atom stereocenters. The Bertz CT molecular complexity index is 447. The summed E-state index contributed by atoms with van der Waals surface area (Å²) in [5.41, 5.74) is 2.55. The highest BCUT2D eigenvalue weighted by atomic mass is 35.5. The molecule has 0 saturated heterocycles. The molecule has 3 heteroatoms. The molecular formula is C17H26ClNO. The second-order valence-corrected chi connectivity index (χ2v) is 6.20. The molecule has 1 aliphatic heterocycles. The molecule has 0 spiro atoms. The summed E-state index contributed by atoms with van der Waals surface area (Å²) in [6.07, 6.45) is 4.37. The fourth-order valence-corrected chi connectivity index (χ4v) is 3.26. The smallest absolute Gasteiger partial charge is 0.125 e. The van der Waals surface area contributed by atoms with E-state index in [2.05, 4.69) is 32.2 Å². The van der Waals surface area contributed by atoms with Crippen LogP contribution in [0.15, 0.2) is 12.1 Å². The number of hydrogen-bond donors (Lipinski definition) is 1. The van der Waals surface area contributed by atoms with Crippen molar-refractivity contribution < 1.29 is 4.74 Å². The maximum atomic E-state index is 6.25. The number of hydrogen-bond acceptors (Lipinski definition) is 2. The van der Waals surface area contributed by atoms with Gasteiger partial charge in [-0.2, -0.15) is 0 Å². The van der Waals surface area contributed by atoms with Crippen LogP contribution in [-0.4, -0.2) is 19.2 Å². The lowest BCUT2D eigenvalue weighted by Gasteiger charge is -2.24. The van der Waals surface area contributed by atoms with Gasteiger partial charge in [-0.25, -0.2) is 0 Å². The number of halogens is 1. The van der Waals surface area contributed by atoms with Crippen molar-refractivity contribution in [2.45, 2.75) is 52.5 Å². The average molecular weight is 296 g/mol. The maximum Gasteiger partial charge on any atom is 0.125 e. The Labute approximate surface area is 127 Å². The van der Waals surface area contributed by atoms with Gasteiger partial charge in [0.05, 0.1) is 6.61 Å². The van der Waals surface area contributed by atoms with Gasteiger partial charge in [-0.15, -0.1) is 0 Å². The largest absolute Gasteiger partial charge is 0.493 e. The zero-order valence-corrected chi connectivity index (χ0v) is 13.6. The molecule has 0 aromatic heterocycles. The van der Waals surface area contributed by atoms with Crippen LogP contribution in [0.4, 0.5) is 0 Å². The van der Waals surface area contributed by atoms with E-state index in [0.29, 0.717) is 12.0 Å². The lowest BCUT2D eigenvalue weighted by molar-refractivity contribution is 0.337. The average Bonchev–Trinajstić information content (AvgIpc) is 2.89. The van der Waals surface area contributed by atoms with Crippen molar-refractivity contribution in [3.8, 4) is 5.75 Å². The van der Waals surface area contributed by atoms with Gasteiger partial charge in [-0.1, -0.05) is 31.9 Å². The van der Waals surface area contributed by atoms with E-state index in [0.717, 1.165) is 36.8 Å². The summed E-state index contributed by atoms with van der Waals surface area (Å²) >= 11 is 6.25. The standard InChI is InChI=1S/C17H26ClNO/c1-4-7-19-12(3)13(5-2)9-15-11-16(18)10-14-6-8-20-17(14)15/h10-13,19H,4-9H2,1-3H3. The highest BCUT2D eigenvalue weighted by Gasteiger charge is 2.22. The van der Waals surface area contributed by atoms with Gasteiger partial charge in [0.1, 0.15) is 5.75 Å². The minimum absolute atomic E-state index is 0.524. The number of fused-ring (bicyclic) bond motifs is 1. The number of rotatable bonds is 7. The zero-order chi connectivity index (χ0) is 14.5. The normalized spacial score (nSPS) is 16.6. The molecule has 1 aromatic carbocycles.